The van der Waals surface area contributed by atoms with E-state index in [0.717, 1.165) is 23.2 Å². The zero-order chi connectivity index (χ0) is 15.3. The van der Waals surface area contributed by atoms with Gasteiger partial charge in [-0.05, 0) is 25.4 Å². The second-order valence-electron chi connectivity index (χ2n) is 5.64. The molecule has 1 rings (SSSR count). The summed E-state index contributed by atoms with van der Waals surface area (Å²) < 4.78 is 1.04. The molecule has 0 aromatic heterocycles. The number of rotatable bonds is 1. The zero-order valence-corrected chi connectivity index (χ0v) is 15.6. The fourth-order valence-corrected chi connectivity index (χ4v) is 3.49. The largest absolute Gasteiger partial charge is 0.362 e. The normalized spacial score (nSPS) is 21.3. The predicted octanol–water partition coefficient (Wildman–Crippen LogP) is 5.23. The standard InChI is InChI=1S/C16H31N3S2/c1-19-14-12-10-8-6-4-5-7-9-11-13-15(19)17-18-16(20-2)21-3/h4-14H2,1-3H3/b17-15-. The minimum Gasteiger partial charge on any atom is -0.362 e. The molecular formula is C16H31N3S2. The Morgan fingerprint density at radius 3 is 1.95 bits per heavy atom. The second kappa shape index (κ2) is 12.4. The Balaban J connectivity index is 2.64. The van der Waals surface area contributed by atoms with Crippen LogP contribution in [0.15, 0.2) is 10.2 Å². The monoisotopic (exact) mass is 329 g/mol. The lowest BCUT2D eigenvalue weighted by atomic mass is 10.1. The Hall–Kier alpha value is -0.160. The number of thioether (sulfide) groups is 2. The minimum absolute atomic E-state index is 1.04. The third-order valence-corrected chi connectivity index (χ3v) is 5.79. The molecule has 0 aromatic rings. The van der Waals surface area contributed by atoms with E-state index >= 15 is 0 Å². The molecular weight excluding hydrogens is 298 g/mol. The molecule has 1 saturated heterocycles. The Bertz CT molecular complexity index is 323. The van der Waals surface area contributed by atoms with Crippen LogP contribution in [0.4, 0.5) is 0 Å². The van der Waals surface area contributed by atoms with Gasteiger partial charge in [0.2, 0.25) is 0 Å². The third-order valence-electron chi connectivity index (χ3n) is 3.93. The van der Waals surface area contributed by atoms with Crippen LogP contribution in [0.1, 0.15) is 64.2 Å². The van der Waals surface area contributed by atoms with E-state index < -0.39 is 0 Å². The van der Waals surface area contributed by atoms with Gasteiger partial charge >= 0.3 is 0 Å². The van der Waals surface area contributed by atoms with Crippen molar-refractivity contribution in [2.24, 2.45) is 10.2 Å². The summed E-state index contributed by atoms with van der Waals surface area (Å²) in [5.41, 5.74) is 0. The maximum atomic E-state index is 4.55. The first-order valence-electron chi connectivity index (χ1n) is 8.21. The molecule has 1 aliphatic rings. The van der Waals surface area contributed by atoms with Crippen LogP contribution in [0, 0.1) is 0 Å². The van der Waals surface area contributed by atoms with Crippen LogP contribution in [0.2, 0.25) is 0 Å². The summed E-state index contributed by atoms with van der Waals surface area (Å²) in [6, 6.07) is 0. The van der Waals surface area contributed by atoms with Gasteiger partial charge in [-0.3, -0.25) is 0 Å². The third kappa shape index (κ3) is 8.77. The van der Waals surface area contributed by atoms with Crippen LogP contribution < -0.4 is 0 Å². The van der Waals surface area contributed by atoms with Gasteiger partial charge in [-0.25, -0.2) is 0 Å². The molecule has 1 heterocycles. The van der Waals surface area contributed by atoms with E-state index in [-0.39, 0.29) is 0 Å². The summed E-state index contributed by atoms with van der Waals surface area (Å²) in [6.45, 7) is 1.11. The van der Waals surface area contributed by atoms with Crippen LogP contribution in [0.3, 0.4) is 0 Å². The molecule has 0 radical (unpaired) electrons. The summed E-state index contributed by atoms with van der Waals surface area (Å²) >= 11 is 3.35. The van der Waals surface area contributed by atoms with Gasteiger partial charge in [-0.1, -0.05) is 44.9 Å². The van der Waals surface area contributed by atoms with Crippen molar-refractivity contribution in [1.82, 2.24) is 4.90 Å². The van der Waals surface area contributed by atoms with Crippen LogP contribution in [-0.4, -0.2) is 41.2 Å². The second-order valence-corrected chi connectivity index (χ2v) is 7.49. The molecule has 21 heavy (non-hydrogen) atoms. The van der Waals surface area contributed by atoms with Crippen molar-refractivity contribution >= 4 is 33.7 Å². The lowest BCUT2D eigenvalue weighted by Crippen LogP contribution is -2.27. The highest BCUT2D eigenvalue weighted by molar-refractivity contribution is 8.38. The van der Waals surface area contributed by atoms with Gasteiger partial charge in [0.05, 0.1) is 0 Å². The van der Waals surface area contributed by atoms with Crippen molar-refractivity contribution in [2.45, 2.75) is 64.2 Å². The summed E-state index contributed by atoms with van der Waals surface area (Å²) in [5.74, 6) is 1.16. The summed E-state index contributed by atoms with van der Waals surface area (Å²) in [5, 5.41) is 8.96. The van der Waals surface area contributed by atoms with E-state index in [2.05, 4.69) is 34.7 Å². The number of hydrogen-bond donors (Lipinski definition) is 0. The van der Waals surface area contributed by atoms with Crippen molar-refractivity contribution in [1.29, 1.82) is 0 Å². The maximum Gasteiger partial charge on any atom is 0.152 e. The van der Waals surface area contributed by atoms with Crippen molar-refractivity contribution in [3.8, 4) is 0 Å². The van der Waals surface area contributed by atoms with E-state index in [0.29, 0.717) is 0 Å². The first-order chi connectivity index (χ1) is 10.3. The Labute approximate surface area is 139 Å². The van der Waals surface area contributed by atoms with Gasteiger partial charge in [0, 0.05) is 20.0 Å². The molecule has 0 aromatic carbocycles. The molecule has 0 N–H and O–H groups in total. The molecule has 5 heteroatoms. The van der Waals surface area contributed by atoms with Gasteiger partial charge in [0.25, 0.3) is 0 Å². The molecule has 0 aliphatic carbocycles. The fraction of sp³-hybridized carbons (Fsp3) is 0.875. The van der Waals surface area contributed by atoms with Crippen molar-refractivity contribution < 1.29 is 0 Å². The topological polar surface area (TPSA) is 28.0 Å². The first kappa shape index (κ1) is 18.9. The Morgan fingerprint density at radius 2 is 1.38 bits per heavy atom. The SMILES string of the molecule is CSC(=N/N=C1/CCCCCCCCCCCN1C)SC. The van der Waals surface area contributed by atoms with Crippen LogP contribution >= 0.6 is 23.5 Å². The Morgan fingerprint density at radius 1 is 0.857 bits per heavy atom. The highest BCUT2D eigenvalue weighted by atomic mass is 32.2. The quantitative estimate of drug-likeness (QED) is 0.374. The molecule has 0 saturated carbocycles. The number of hydrogen-bond acceptors (Lipinski definition) is 4. The van der Waals surface area contributed by atoms with Crippen molar-refractivity contribution in [3.63, 3.8) is 0 Å². The molecule has 122 valence electrons. The summed E-state index contributed by atoms with van der Waals surface area (Å²) in [7, 11) is 2.17. The molecule has 0 unspecified atom stereocenters. The lowest BCUT2D eigenvalue weighted by molar-refractivity contribution is 0.457. The smallest absolute Gasteiger partial charge is 0.152 e. The van der Waals surface area contributed by atoms with E-state index in [9.17, 15) is 0 Å². The molecule has 1 fully saturated rings. The molecule has 0 amide bonds. The molecule has 0 spiro atoms. The zero-order valence-electron chi connectivity index (χ0n) is 13.9. The molecule has 0 bridgehead atoms. The molecule has 3 nitrogen and oxygen atoms in total. The van der Waals surface area contributed by atoms with Gasteiger partial charge in [-0.15, -0.1) is 33.7 Å². The van der Waals surface area contributed by atoms with E-state index in [1.54, 1.807) is 23.5 Å². The minimum atomic E-state index is 1.04. The molecule has 1 aliphatic heterocycles. The van der Waals surface area contributed by atoms with Gasteiger partial charge in [-0.2, -0.15) is 0 Å². The summed E-state index contributed by atoms with van der Waals surface area (Å²) in [4.78, 5) is 2.32. The predicted molar refractivity (Wildman–Crippen MR) is 101 cm³/mol. The van der Waals surface area contributed by atoms with Crippen LogP contribution in [0.25, 0.3) is 0 Å². The van der Waals surface area contributed by atoms with Gasteiger partial charge < -0.3 is 4.90 Å². The van der Waals surface area contributed by atoms with E-state index in [4.69, 9.17) is 0 Å². The average molecular weight is 330 g/mol. The van der Waals surface area contributed by atoms with Crippen molar-refractivity contribution in [3.05, 3.63) is 0 Å². The highest BCUT2D eigenvalue weighted by Gasteiger charge is 2.08. The number of amidine groups is 1. The van der Waals surface area contributed by atoms with Crippen LogP contribution in [-0.2, 0) is 0 Å². The fourth-order valence-electron chi connectivity index (χ4n) is 2.58. The van der Waals surface area contributed by atoms with E-state index in [1.165, 1.54) is 57.8 Å². The van der Waals surface area contributed by atoms with Gasteiger partial charge in [0.1, 0.15) is 5.84 Å². The highest BCUT2D eigenvalue weighted by Crippen LogP contribution is 2.15. The lowest BCUT2D eigenvalue weighted by Gasteiger charge is -2.20. The van der Waals surface area contributed by atoms with Crippen LogP contribution in [0.5, 0.6) is 0 Å². The summed E-state index contributed by atoms with van der Waals surface area (Å²) in [6.07, 6.45) is 17.4. The van der Waals surface area contributed by atoms with E-state index in [1.807, 2.05) is 0 Å². The average Bonchev–Trinajstić information content (AvgIpc) is 2.52. The number of nitrogens with zero attached hydrogens (tertiary/aromatic N) is 3. The first-order valence-corrected chi connectivity index (χ1v) is 10.7. The Kier molecular flexibility index (Phi) is 11.1. The van der Waals surface area contributed by atoms with Crippen molar-refractivity contribution in [2.75, 3.05) is 26.1 Å². The molecule has 0 atom stereocenters. The van der Waals surface area contributed by atoms with Gasteiger partial charge in [0.15, 0.2) is 4.38 Å². The maximum absolute atomic E-state index is 4.55.